The first-order valence-corrected chi connectivity index (χ1v) is 7.37. The standard InChI is InChI=1S/C15H14BrN5/c1-11(18-14-7-5-13(16)6-8-14)12-3-2-4-15(9-12)21-10-17-19-20-21/h2-11,18H,1H3. The van der Waals surface area contributed by atoms with Gasteiger partial charge in [-0.05, 0) is 59.3 Å². The van der Waals surface area contributed by atoms with Crippen LogP contribution in [0.4, 0.5) is 5.69 Å². The van der Waals surface area contributed by atoms with Crippen molar-refractivity contribution in [2.45, 2.75) is 13.0 Å². The molecule has 1 N–H and O–H groups in total. The van der Waals surface area contributed by atoms with Crippen molar-refractivity contribution in [3.63, 3.8) is 0 Å². The van der Waals surface area contributed by atoms with Crippen LogP contribution >= 0.6 is 15.9 Å². The zero-order valence-electron chi connectivity index (χ0n) is 11.4. The van der Waals surface area contributed by atoms with E-state index in [1.54, 1.807) is 11.0 Å². The van der Waals surface area contributed by atoms with Gasteiger partial charge in [-0.2, -0.15) is 0 Å². The average Bonchev–Trinajstić information content (AvgIpc) is 3.04. The summed E-state index contributed by atoms with van der Waals surface area (Å²) < 4.78 is 2.72. The average molecular weight is 344 g/mol. The second-order valence-electron chi connectivity index (χ2n) is 4.72. The van der Waals surface area contributed by atoms with Gasteiger partial charge in [-0.1, -0.05) is 28.1 Å². The topological polar surface area (TPSA) is 55.6 Å². The number of halogens is 1. The summed E-state index contributed by atoms with van der Waals surface area (Å²) in [7, 11) is 0. The van der Waals surface area contributed by atoms with E-state index in [2.05, 4.69) is 55.8 Å². The molecule has 0 aliphatic heterocycles. The molecule has 6 heteroatoms. The molecule has 21 heavy (non-hydrogen) atoms. The van der Waals surface area contributed by atoms with Crippen LogP contribution < -0.4 is 5.32 Å². The lowest BCUT2D eigenvalue weighted by Crippen LogP contribution is -2.07. The lowest BCUT2D eigenvalue weighted by molar-refractivity contribution is 0.785. The van der Waals surface area contributed by atoms with Crippen LogP contribution in [-0.4, -0.2) is 20.2 Å². The Labute approximate surface area is 131 Å². The summed E-state index contributed by atoms with van der Waals surface area (Å²) >= 11 is 3.44. The number of tetrazole rings is 1. The van der Waals surface area contributed by atoms with E-state index < -0.39 is 0 Å². The van der Waals surface area contributed by atoms with Crippen LogP contribution in [0.25, 0.3) is 5.69 Å². The van der Waals surface area contributed by atoms with Gasteiger partial charge < -0.3 is 5.32 Å². The van der Waals surface area contributed by atoms with Gasteiger partial charge in [-0.25, -0.2) is 4.68 Å². The molecule has 0 saturated carbocycles. The Kier molecular flexibility index (Phi) is 3.96. The van der Waals surface area contributed by atoms with E-state index in [9.17, 15) is 0 Å². The fraction of sp³-hybridized carbons (Fsp3) is 0.133. The molecule has 0 radical (unpaired) electrons. The quantitative estimate of drug-likeness (QED) is 0.786. The van der Waals surface area contributed by atoms with Gasteiger partial charge in [-0.15, -0.1) is 5.10 Å². The Morgan fingerprint density at radius 3 is 2.67 bits per heavy atom. The molecular weight excluding hydrogens is 330 g/mol. The maximum atomic E-state index is 3.91. The summed E-state index contributed by atoms with van der Waals surface area (Å²) in [6.45, 7) is 2.13. The van der Waals surface area contributed by atoms with Gasteiger partial charge >= 0.3 is 0 Å². The zero-order valence-corrected chi connectivity index (χ0v) is 13.0. The molecule has 1 aromatic heterocycles. The fourth-order valence-electron chi connectivity index (χ4n) is 2.10. The molecule has 1 heterocycles. The fourth-order valence-corrected chi connectivity index (χ4v) is 2.36. The number of benzene rings is 2. The monoisotopic (exact) mass is 343 g/mol. The van der Waals surface area contributed by atoms with Crippen LogP contribution in [0.3, 0.4) is 0 Å². The van der Waals surface area contributed by atoms with Gasteiger partial charge in [0, 0.05) is 16.2 Å². The number of hydrogen-bond donors (Lipinski definition) is 1. The van der Waals surface area contributed by atoms with Crippen LogP contribution in [0.1, 0.15) is 18.5 Å². The third kappa shape index (κ3) is 3.28. The minimum Gasteiger partial charge on any atom is -0.379 e. The summed E-state index contributed by atoms with van der Waals surface area (Å²) in [5.74, 6) is 0. The second kappa shape index (κ2) is 6.05. The summed E-state index contributed by atoms with van der Waals surface area (Å²) in [6, 6.07) is 16.5. The number of hydrogen-bond acceptors (Lipinski definition) is 4. The van der Waals surface area contributed by atoms with E-state index in [1.165, 1.54) is 5.56 Å². The van der Waals surface area contributed by atoms with Gasteiger partial charge in [0.25, 0.3) is 0 Å². The van der Waals surface area contributed by atoms with Crippen molar-refractivity contribution in [3.8, 4) is 5.69 Å². The Morgan fingerprint density at radius 2 is 1.95 bits per heavy atom. The van der Waals surface area contributed by atoms with Crippen molar-refractivity contribution in [2.75, 3.05) is 5.32 Å². The Balaban J connectivity index is 1.80. The van der Waals surface area contributed by atoms with Gasteiger partial charge in [0.2, 0.25) is 0 Å². The van der Waals surface area contributed by atoms with Crippen molar-refractivity contribution in [1.29, 1.82) is 0 Å². The zero-order chi connectivity index (χ0) is 14.7. The summed E-state index contributed by atoms with van der Waals surface area (Å²) in [5.41, 5.74) is 3.20. The third-order valence-electron chi connectivity index (χ3n) is 3.21. The van der Waals surface area contributed by atoms with E-state index in [0.717, 1.165) is 15.8 Å². The van der Waals surface area contributed by atoms with E-state index in [0.29, 0.717) is 0 Å². The highest BCUT2D eigenvalue weighted by Gasteiger charge is 2.07. The molecule has 2 aromatic carbocycles. The van der Waals surface area contributed by atoms with E-state index in [4.69, 9.17) is 0 Å². The number of anilines is 1. The minimum atomic E-state index is 0.183. The maximum absolute atomic E-state index is 3.91. The molecule has 0 bridgehead atoms. The first-order chi connectivity index (χ1) is 10.2. The molecular formula is C15H14BrN5. The maximum Gasteiger partial charge on any atom is 0.143 e. The van der Waals surface area contributed by atoms with Crippen molar-refractivity contribution in [1.82, 2.24) is 20.2 Å². The molecule has 1 unspecified atom stereocenters. The SMILES string of the molecule is CC(Nc1ccc(Br)cc1)c1cccc(-n2cnnn2)c1. The van der Waals surface area contributed by atoms with Crippen molar-refractivity contribution in [2.24, 2.45) is 0 Å². The molecule has 106 valence electrons. The first-order valence-electron chi connectivity index (χ1n) is 6.58. The van der Waals surface area contributed by atoms with Crippen LogP contribution in [0.2, 0.25) is 0 Å². The van der Waals surface area contributed by atoms with Crippen molar-refractivity contribution >= 4 is 21.6 Å². The Hall–Kier alpha value is -2.21. The van der Waals surface area contributed by atoms with E-state index >= 15 is 0 Å². The molecule has 0 saturated heterocycles. The molecule has 0 aliphatic carbocycles. The predicted molar refractivity (Wildman–Crippen MR) is 85.3 cm³/mol. The largest absolute Gasteiger partial charge is 0.379 e. The van der Waals surface area contributed by atoms with Crippen molar-refractivity contribution < 1.29 is 0 Å². The van der Waals surface area contributed by atoms with Gasteiger partial charge in [0.1, 0.15) is 6.33 Å². The van der Waals surface area contributed by atoms with Gasteiger partial charge in [0.05, 0.1) is 5.69 Å². The molecule has 0 amide bonds. The van der Waals surface area contributed by atoms with E-state index in [-0.39, 0.29) is 6.04 Å². The molecule has 3 rings (SSSR count). The van der Waals surface area contributed by atoms with Crippen LogP contribution in [0.5, 0.6) is 0 Å². The van der Waals surface area contributed by atoms with Gasteiger partial charge in [-0.3, -0.25) is 0 Å². The van der Waals surface area contributed by atoms with Crippen LogP contribution in [0.15, 0.2) is 59.3 Å². The van der Waals surface area contributed by atoms with Crippen LogP contribution in [-0.2, 0) is 0 Å². The third-order valence-corrected chi connectivity index (χ3v) is 3.74. The van der Waals surface area contributed by atoms with Crippen molar-refractivity contribution in [3.05, 3.63) is 64.9 Å². The van der Waals surface area contributed by atoms with E-state index in [1.807, 2.05) is 36.4 Å². The second-order valence-corrected chi connectivity index (χ2v) is 5.64. The first kappa shape index (κ1) is 13.8. The molecule has 0 aliphatic rings. The molecule has 5 nitrogen and oxygen atoms in total. The highest BCUT2D eigenvalue weighted by atomic mass is 79.9. The Bertz CT molecular complexity index is 709. The number of nitrogens with one attached hydrogen (secondary N) is 1. The molecule has 0 fully saturated rings. The normalized spacial score (nSPS) is 12.1. The molecule has 0 spiro atoms. The summed E-state index contributed by atoms with van der Waals surface area (Å²) in [4.78, 5) is 0. The number of nitrogens with zero attached hydrogens (tertiary/aromatic N) is 4. The highest BCUT2D eigenvalue weighted by molar-refractivity contribution is 9.10. The number of aromatic nitrogens is 4. The lowest BCUT2D eigenvalue weighted by Gasteiger charge is -2.16. The summed E-state index contributed by atoms with van der Waals surface area (Å²) in [6.07, 6.45) is 1.59. The molecule has 1 atom stereocenters. The minimum absolute atomic E-state index is 0.183. The summed E-state index contributed by atoms with van der Waals surface area (Å²) in [5, 5.41) is 14.7. The number of rotatable bonds is 4. The predicted octanol–water partition coefficient (Wildman–Crippen LogP) is 3.60. The van der Waals surface area contributed by atoms with Crippen LogP contribution in [0, 0.1) is 0 Å². The van der Waals surface area contributed by atoms with Gasteiger partial charge in [0.15, 0.2) is 0 Å². The molecule has 3 aromatic rings. The lowest BCUT2D eigenvalue weighted by atomic mass is 10.1. The Morgan fingerprint density at radius 1 is 1.14 bits per heavy atom. The smallest absolute Gasteiger partial charge is 0.143 e. The highest BCUT2D eigenvalue weighted by Crippen LogP contribution is 2.22.